The van der Waals surface area contributed by atoms with Crippen molar-refractivity contribution in [2.24, 2.45) is 0 Å². The molecule has 1 fully saturated rings. The number of benzene rings is 1. The summed E-state index contributed by atoms with van der Waals surface area (Å²) in [5.41, 5.74) is 2.06. The first-order valence-corrected chi connectivity index (χ1v) is 12.9. The van der Waals surface area contributed by atoms with Crippen LogP contribution in [0, 0.1) is 6.92 Å². The van der Waals surface area contributed by atoms with E-state index in [1.165, 1.54) is 41.8 Å². The third-order valence-corrected chi connectivity index (χ3v) is 7.94. The van der Waals surface area contributed by atoms with Crippen LogP contribution in [0.2, 0.25) is 0 Å². The molecule has 0 unspecified atom stereocenters. The van der Waals surface area contributed by atoms with E-state index in [1.54, 1.807) is 11.4 Å². The largest absolute Gasteiger partial charge is 0.466 e. The Kier molecular flexibility index (Phi) is 7.13. The van der Waals surface area contributed by atoms with E-state index in [9.17, 15) is 18.0 Å². The monoisotopic (exact) mass is 500 g/mol. The molecular formula is C23H28N6O5S. The van der Waals surface area contributed by atoms with Gasteiger partial charge in [0.2, 0.25) is 10.0 Å². The number of rotatable bonds is 8. The highest BCUT2D eigenvalue weighted by Crippen LogP contribution is 2.27. The third-order valence-electron chi connectivity index (χ3n) is 6.03. The molecule has 1 aliphatic heterocycles. The number of carbonyl (C=O) groups excluding carboxylic acids is 2. The Bertz CT molecular complexity index is 1340. The summed E-state index contributed by atoms with van der Waals surface area (Å²) in [5, 5.41) is 4.32. The Labute approximate surface area is 203 Å². The van der Waals surface area contributed by atoms with E-state index in [0.717, 1.165) is 17.1 Å². The summed E-state index contributed by atoms with van der Waals surface area (Å²) in [6.45, 7) is 6.78. The Hall–Kier alpha value is -3.38. The highest BCUT2D eigenvalue weighted by molar-refractivity contribution is 7.89. The van der Waals surface area contributed by atoms with E-state index in [1.807, 2.05) is 6.92 Å². The molecule has 12 heteroatoms. The van der Waals surface area contributed by atoms with E-state index >= 15 is 0 Å². The number of aromatic nitrogens is 4. The second-order valence-corrected chi connectivity index (χ2v) is 10.2. The summed E-state index contributed by atoms with van der Waals surface area (Å²) in [6.07, 6.45) is 2.05. The van der Waals surface area contributed by atoms with Crippen molar-refractivity contribution in [2.45, 2.75) is 38.5 Å². The number of fused-ring (bicyclic) bond motifs is 1. The second kappa shape index (κ2) is 10.1. The predicted octanol–water partition coefficient (Wildman–Crippen LogP) is 1.64. The van der Waals surface area contributed by atoms with Crippen molar-refractivity contribution in [1.82, 2.24) is 23.9 Å². The topological polar surface area (TPSA) is 127 Å². The maximum Gasteiger partial charge on any atom is 0.306 e. The number of ketones is 1. The summed E-state index contributed by atoms with van der Waals surface area (Å²) in [6, 6.07) is 6.00. The van der Waals surface area contributed by atoms with Crippen LogP contribution in [-0.4, -0.2) is 76.8 Å². The number of hydrogen-bond donors (Lipinski definition) is 0. The summed E-state index contributed by atoms with van der Waals surface area (Å²) >= 11 is 0. The van der Waals surface area contributed by atoms with Gasteiger partial charge in [0.15, 0.2) is 5.78 Å². The van der Waals surface area contributed by atoms with Crippen LogP contribution in [0.4, 0.5) is 5.82 Å². The molecular weight excluding hydrogens is 472 g/mol. The molecule has 4 rings (SSSR count). The molecule has 3 aromatic rings. The maximum atomic E-state index is 13.2. The van der Waals surface area contributed by atoms with Gasteiger partial charge in [-0.1, -0.05) is 12.1 Å². The first-order chi connectivity index (χ1) is 16.7. The number of ether oxygens (including phenoxy) is 1. The Balaban J connectivity index is 1.56. The van der Waals surface area contributed by atoms with Gasteiger partial charge in [-0.05, 0) is 39.3 Å². The number of carbonyl (C=O) groups is 2. The molecule has 186 valence electrons. The van der Waals surface area contributed by atoms with E-state index < -0.39 is 10.0 Å². The molecule has 0 bridgehead atoms. The zero-order valence-electron chi connectivity index (χ0n) is 20.0. The molecule has 35 heavy (non-hydrogen) atoms. The fourth-order valence-electron chi connectivity index (χ4n) is 4.20. The molecule has 0 spiro atoms. The minimum atomic E-state index is -3.70. The van der Waals surface area contributed by atoms with Crippen LogP contribution < -0.4 is 4.90 Å². The number of sulfonamides is 1. The molecule has 0 radical (unpaired) electrons. The Morgan fingerprint density at radius 2 is 1.77 bits per heavy atom. The summed E-state index contributed by atoms with van der Waals surface area (Å²) in [4.78, 5) is 34.4. The number of Topliss-reactive ketones (excluding diaryl/α,β-unsaturated/α-hetero) is 1. The van der Waals surface area contributed by atoms with E-state index in [2.05, 4.69) is 20.0 Å². The summed E-state index contributed by atoms with van der Waals surface area (Å²) < 4.78 is 34.5. The summed E-state index contributed by atoms with van der Waals surface area (Å²) in [5.74, 6) is 0.798. The first-order valence-electron chi connectivity index (χ1n) is 11.4. The van der Waals surface area contributed by atoms with Crippen LogP contribution in [0.1, 0.15) is 41.9 Å². The van der Waals surface area contributed by atoms with Crippen molar-refractivity contribution in [3.63, 3.8) is 0 Å². The van der Waals surface area contributed by atoms with Crippen molar-refractivity contribution in [3.8, 4) is 0 Å². The van der Waals surface area contributed by atoms with Gasteiger partial charge in [-0.3, -0.25) is 9.59 Å². The molecule has 0 saturated carbocycles. The van der Waals surface area contributed by atoms with Crippen molar-refractivity contribution in [3.05, 3.63) is 47.4 Å². The number of piperazine rings is 1. The SMILES string of the molecule is CCOC(=O)CCc1c(C)nc2ncnn2c1N1CCN(S(=O)(=O)c2ccc(C(C)=O)cc2)CC1. The van der Waals surface area contributed by atoms with Gasteiger partial charge in [0.25, 0.3) is 5.78 Å². The van der Waals surface area contributed by atoms with Crippen LogP contribution in [-0.2, 0) is 26.0 Å². The van der Waals surface area contributed by atoms with Crippen LogP contribution in [0.5, 0.6) is 0 Å². The smallest absolute Gasteiger partial charge is 0.306 e. The zero-order valence-corrected chi connectivity index (χ0v) is 20.8. The lowest BCUT2D eigenvalue weighted by molar-refractivity contribution is -0.143. The average Bonchev–Trinajstić information content (AvgIpc) is 3.30. The number of nitrogens with zero attached hydrogens (tertiary/aromatic N) is 6. The zero-order chi connectivity index (χ0) is 25.2. The molecule has 0 aliphatic carbocycles. The second-order valence-electron chi connectivity index (χ2n) is 8.25. The highest BCUT2D eigenvalue weighted by Gasteiger charge is 2.31. The molecule has 1 aliphatic rings. The van der Waals surface area contributed by atoms with Gasteiger partial charge < -0.3 is 9.64 Å². The minimum absolute atomic E-state index is 0.117. The standard InChI is InChI=1S/C23H28N6O5S/c1-4-34-21(31)10-9-20-16(2)26-23-24-15-25-29(23)22(20)27-11-13-28(14-12-27)35(32,33)19-7-5-18(6-8-19)17(3)30/h5-8,15H,4,9-14H2,1-3H3. The fourth-order valence-corrected chi connectivity index (χ4v) is 5.62. The van der Waals surface area contributed by atoms with Gasteiger partial charge in [-0.15, -0.1) is 0 Å². The van der Waals surface area contributed by atoms with Gasteiger partial charge >= 0.3 is 5.97 Å². The lowest BCUT2D eigenvalue weighted by atomic mass is 10.1. The molecule has 2 aromatic heterocycles. The molecule has 3 heterocycles. The average molecular weight is 501 g/mol. The Morgan fingerprint density at radius 3 is 2.40 bits per heavy atom. The third kappa shape index (κ3) is 5.03. The quantitative estimate of drug-likeness (QED) is 0.335. The Morgan fingerprint density at radius 1 is 1.09 bits per heavy atom. The first kappa shape index (κ1) is 24.7. The number of hydrogen-bond acceptors (Lipinski definition) is 9. The van der Waals surface area contributed by atoms with Crippen LogP contribution in [0.25, 0.3) is 5.78 Å². The molecule has 1 aromatic carbocycles. The summed E-state index contributed by atoms with van der Waals surface area (Å²) in [7, 11) is -3.70. The number of aryl methyl sites for hydroxylation is 1. The lowest BCUT2D eigenvalue weighted by Gasteiger charge is -2.36. The van der Waals surface area contributed by atoms with E-state index in [4.69, 9.17) is 4.74 Å². The van der Waals surface area contributed by atoms with Crippen LogP contribution in [0.3, 0.4) is 0 Å². The molecule has 11 nitrogen and oxygen atoms in total. The minimum Gasteiger partial charge on any atom is -0.466 e. The molecule has 0 N–H and O–H groups in total. The fraction of sp³-hybridized carbons (Fsp3) is 0.435. The van der Waals surface area contributed by atoms with Gasteiger partial charge in [0, 0.05) is 49.4 Å². The van der Waals surface area contributed by atoms with Gasteiger partial charge in [0.05, 0.1) is 11.5 Å². The van der Waals surface area contributed by atoms with Crippen molar-refractivity contribution < 1.29 is 22.7 Å². The van der Waals surface area contributed by atoms with Crippen molar-refractivity contribution in [1.29, 1.82) is 0 Å². The lowest BCUT2D eigenvalue weighted by Crippen LogP contribution is -2.49. The molecule has 0 atom stereocenters. The van der Waals surface area contributed by atoms with Crippen LogP contribution in [0.15, 0.2) is 35.5 Å². The normalized spacial score (nSPS) is 14.9. The van der Waals surface area contributed by atoms with E-state index in [-0.39, 0.29) is 36.2 Å². The maximum absolute atomic E-state index is 13.2. The highest BCUT2D eigenvalue weighted by atomic mass is 32.2. The van der Waals surface area contributed by atoms with Gasteiger partial charge in [-0.2, -0.15) is 18.9 Å². The van der Waals surface area contributed by atoms with Gasteiger partial charge in [-0.25, -0.2) is 13.4 Å². The number of anilines is 1. The van der Waals surface area contributed by atoms with Crippen molar-refractivity contribution in [2.75, 3.05) is 37.7 Å². The van der Waals surface area contributed by atoms with E-state index in [0.29, 0.717) is 37.5 Å². The molecule has 1 saturated heterocycles. The molecule has 0 amide bonds. The van der Waals surface area contributed by atoms with Crippen LogP contribution >= 0.6 is 0 Å². The van der Waals surface area contributed by atoms with Crippen molar-refractivity contribution >= 4 is 33.4 Å². The predicted molar refractivity (Wildman–Crippen MR) is 128 cm³/mol. The van der Waals surface area contributed by atoms with Gasteiger partial charge in [0.1, 0.15) is 12.1 Å². The number of esters is 1.